The summed E-state index contributed by atoms with van der Waals surface area (Å²) in [5.41, 5.74) is 5.24. The van der Waals surface area contributed by atoms with Gasteiger partial charge in [0.1, 0.15) is 0 Å². The molecule has 4 heteroatoms. The summed E-state index contributed by atoms with van der Waals surface area (Å²) < 4.78 is 4.61. The van der Waals surface area contributed by atoms with E-state index in [4.69, 9.17) is 5.73 Å². The molecule has 1 heterocycles. The van der Waals surface area contributed by atoms with Crippen LogP contribution in [0.25, 0.3) is 0 Å². The molecule has 0 aromatic carbocycles. The molecule has 1 aromatic heterocycles. The molecule has 0 aliphatic carbocycles. The summed E-state index contributed by atoms with van der Waals surface area (Å²) >= 11 is 0. The smallest absolute Gasteiger partial charge is 0.318 e. The highest BCUT2D eigenvalue weighted by molar-refractivity contribution is 5.06. The van der Waals surface area contributed by atoms with Gasteiger partial charge in [-0.15, -0.1) is 0 Å². The maximum absolute atomic E-state index is 5.24. The molecule has 0 aliphatic heterocycles. The van der Waals surface area contributed by atoms with Crippen LogP contribution in [-0.4, -0.2) is 10.1 Å². The minimum Gasteiger partial charge on any atom is -0.351 e. The van der Waals surface area contributed by atoms with Crippen molar-refractivity contribution in [2.75, 3.05) is 5.73 Å². The van der Waals surface area contributed by atoms with Crippen molar-refractivity contribution < 1.29 is 4.52 Å². The van der Waals surface area contributed by atoms with Gasteiger partial charge < -0.3 is 10.3 Å². The molecule has 62 valence electrons. The Labute approximate surface area is 65.8 Å². The van der Waals surface area contributed by atoms with E-state index in [2.05, 4.69) is 21.6 Å². The van der Waals surface area contributed by atoms with Gasteiger partial charge >= 0.3 is 6.01 Å². The molecule has 0 fully saturated rings. The fourth-order valence-corrected chi connectivity index (χ4v) is 0.902. The van der Waals surface area contributed by atoms with Crippen LogP contribution in [0.5, 0.6) is 0 Å². The van der Waals surface area contributed by atoms with Gasteiger partial charge in [-0.2, -0.15) is 4.98 Å². The second-order valence-corrected chi connectivity index (χ2v) is 2.51. The molecule has 2 N–H and O–H groups in total. The molecule has 0 saturated heterocycles. The Kier molecular flexibility index (Phi) is 2.89. The monoisotopic (exact) mass is 155 g/mol. The van der Waals surface area contributed by atoms with Gasteiger partial charge in [-0.3, -0.25) is 0 Å². The SMILES string of the molecule is CCCCCc1noc(N)n1. The summed E-state index contributed by atoms with van der Waals surface area (Å²) in [6.45, 7) is 2.16. The Morgan fingerprint density at radius 1 is 1.45 bits per heavy atom. The molecule has 0 unspecified atom stereocenters. The van der Waals surface area contributed by atoms with Crippen LogP contribution in [0.1, 0.15) is 32.0 Å². The van der Waals surface area contributed by atoms with E-state index in [0.717, 1.165) is 18.7 Å². The summed E-state index contributed by atoms with van der Waals surface area (Å²) in [7, 11) is 0. The highest BCUT2D eigenvalue weighted by Crippen LogP contribution is 2.03. The minimum atomic E-state index is 0.163. The first-order chi connectivity index (χ1) is 5.33. The standard InChI is InChI=1S/C7H13N3O/c1-2-3-4-5-6-9-7(8)11-10-6/h2-5H2,1H3,(H2,8,9,10). The van der Waals surface area contributed by atoms with Crippen LogP contribution in [0, 0.1) is 0 Å². The third-order valence-corrected chi connectivity index (χ3v) is 1.49. The molecule has 0 radical (unpaired) electrons. The second kappa shape index (κ2) is 3.95. The van der Waals surface area contributed by atoms with Gasteiger partial charge in [0.05, 0.1) is 0 Å². The first kappa shape index (κ1) is 8.04. The molecule has 0 aliphatic rings. The van der Waals surface area contributed by atoms with Crippen molar-refractivity contribution >= 4 is 6.01 Å². The molecular weight excluding hydrogens is 142 g/mol. The van der Waals surface area contributed by atoms with E-state index in [1.807, 2.05) is 0 Å². The Balaban J connectivity index is 2.27. The Morgan fingerprint density at radius 2 is 2.27 bits per heavy atom. The van der Waals surface area contributed by atoms with Crippen molar-refractivity contribution in [1.29, 1.82) is 0 Å². The van der Waals surface area contributed by atoms with Crippen molar-refractivity contribution in [2.45, 2.75) is 32.6 Å². The molecule has 0 saturated carbocycles. The van der Waals surface area contributed by atoms with Gasteiger partial charge in [-0.25, -0.2) is 0 Å². The maximum Gasteiger partial charge on any atom is 0.318 e. The number of nitrogens with zero attached hydrogens (tertiary/aromatic N) is 2. The van der Waals surface area contributed by atoms with Crippen LogP contribution in [0.4, 0.5) is 6.01 Å². The topological polar surface area (TPSA) is 64.9 Å². The van der Waals surface area contributed by atoms with Gasteiger partial charge in [0, 0.05) is 6.42 Å². The van der Waals surface area contributed by atoms with E-state index in [-0.39, 0.29) is 6.01 Å². The summed E-state index contributed by atoms with van der Waals surface area (Å²) in [5.74, 6) is 0.718. The van der Waals surface area contributed by atoms with Crippen LogP contribution in [0.3, 0.4) is 0 Å². The van der Waals surface area contributed by atoms with E-state index >= 15 is 0 Å². The average molecular weight is 155 g/mol. The number of nitrogens with two attached hydrogens (primary N) is 1. The van der Waals surface area contributed by atoms with Crippen LogP contribution in [-0.2, 0) is 6.42 Å². The van der Waals surface area contributed by atoms with Crippen molar-refractivity contribution in [2.24, 2.45) is 0 Å². The molecular formula is C7H13N3O. The lowest BCUT2D eigenvalue weighted by molar-refractivity contribution is 0.425. The summed E-state index contributed by atoms with van der Waals surface area (Å²) in [5, 5.41) is 3.68. The number of aryl methyl sites for hydroxylation is 1. The Morgan fingerprint density at radius 3 is 2.82 bits per heavy atom. The van der Waals surface area contributed by atoms with Crippen molar-refractivity contribution in [3.8, 4) is 0 Å². The largest absolute Gasteiger partial charge is 0.351 e. The van der Waals surface area contributed by atoms with Crippen molar-refractivity contribution in [3.63, 3.8) is 0 Å². The van der Waals surface area contributed by atoms with E-state index < -0.39 is 0 Å². The third kappa shape index (κ3) is 2.57. The first-order valence-corrected chi connectivity index (χ1v) is 3.91. The predicted molar refractivity (Wildman–Crippen MR) is 41.9 cm³/mol. The number of hydrogen-bond acceptors (Lipinski definition) is 4. The van der Waals surface area contributed by atoms with Crippen LogP contribution in [0.15, 0.2) is 4.52 Å². The zero-order valence-electron chi connectivity index (χ0n) is 6.71. The predicted octanol–water partition coefficient (Wildman–Crippen LogP) is 1.38. The van der Waals surface area contributed by atoms with Gasteiger partial charge in [0.25, 0.3) is 0 Å². The average Bonchev–Trinajstić information content (AvgIpc) is 2.37. The lowest BCUT2D eigenvalue weighted by Gasteiger charge is -1.90. The van der Waals surface area contributed by atoms with Crippen molar-refractivity contribution in [1.82, 2.24) is 10.1 Å². The molecule has 0 bridgehead atoms. The number of aromatic nitrogens is 2. The summed E-state index contributed by atoms with van der Waals surface area (Å²) in [6.07, 6.45) is 4.38. The first-order valence-electron chi connectivity index (χ1n) is 3.91. The molecule has 0 spiro atoms. The van der Waals surface area contributed by atoms with E-state index in [1.54, 1.807) is 0 Å². The van der Waals surface area contributed by atoms with E-state index in [1.165, 1.54) is 12.8 Å². The Bertz CT molecular complexity index is 209. The number of rotatable bonds is 4. The normalized spacial score (nSPS) is 10.3. The number of hydrogen-bond donors (Lipinski definition) is 1. The van der Waals surface area contributed by atoms with Crippen molar-refractivity contribution in [3.05, 3.63) is 5.82 Å². The lowest BCUT2D eigenvalue weighted by Crippen LogP contribution is -1.89. The van der Waals surface area contributed by atoms with Crippen LogP contribution >= 0.6 is 0 Å². The zero-order valence-corrected chi connectivity index (χ0v) is 6.71. The molecule has 0 atom stereocenters. The van der Waals surface area contributed by atoms with Gasteiger partial charge in [-0.05, 0) is 6.42 Å². The third-order valence-electron chi connectivity index (χ3n) is 1.49. The molecule has 0 amide bonds. The zero-order chi connectivity index (χ0) is 8.10. The molecule has 1 aromatic rings. The number of unbranched alkanes of at least 4 members (excludes halogenated alkanes) is 2. The van der Waals surface area contributed by atoms with Gasteiger partial charge in [0.2, 0.25) is 0 Å². The molecule has 4 nitrogen and oxygen atoms in total. The van der Waals surface area contributed by atoms with E-state index in [0.29, 0.717) is 0 Å². The Hall–Kier alpha value is -1.06. The number of anilines is 1. The second-order valence-electron chi connectivity index (χ2n) is 2.51. The highest BCUT2D eigenvalue weighted by atomic mass is 16.5. The fraction of sp³-hybridized carbons (Fsp3) is 0.714. The fourth-order valence-electron chi connectivity index (χ4n) is 0.902. The number of nitrogen functional groups attached to an aromatic ring is 1. The summed E-state index contributed by atoms with van der Waals surface area (Å²) in [6, 6.07) is 0.163. The quantitative estimate of drug-likeness (QED) is 0.667. The van der Waals surface area contributed by atoms with E-state index in [9.17, 15) is 0 Å². The minimum absolute atomic E-state index is 0.163. The lowest BCUT2D eigenvalue weighted by atomic mass is 10.2. The van der Waals surface area contributed by atoms with Crippen LogP contribution < -0.4 is 5.73 Å². The summed E-state index contributed by atoms with van der Waals surface area (Å²) in [4.78, 5) is 3.88. The maximum atomic E-state index is 5.24. The van der Waals surface area contributed by atoms with Gasteiger partial charge in [0.15, 0.2) is 5.82 Å². The molecule has 11 heavy (non-hydrogen) atoms. The molecule has 1 rings (SSSR count). The van der Waals surface area contributed by atoms with Crippen LogP contribution in [0.2, 0.25) is 0 Å². The highest BCUT2D eigenvalue weighted by Gasteiger charge is 2.00. The van der Waals surface area contributed by atoms with Gasteiger partial charge in [-0.1, -0.05) is 24.9 Å².